The van der Waals surface area contributed by atoms with Crippen LogP contribution in [0.1, 0.15) is 59.3 Å². The highest BCUT2D eigenvalue weighted by molar-refractivity contribution is 5.68. The number of alkyl carbamates (subject to hydrolysis) is 1. The Morgan fingerprint density at radius 2 is 1.75 bits per heavy atom. The van der Waals surface area contributed by atoms with Gasteiger partial charge in [-0.2, -0.15) is 0 Å². The van der Waals surface area contributed by atoms with Gasteiger partial charge in [0, 0.05) is 18.6 Å². The van der Waals surface area contributed by atoms with Crippen molar-refractivity contribution in [1.82, 2.24) is 10.2 Å². The smallest absolute Gasteiger partial charge is 0.407 e. The van der Waals surface area contributed by atoms with Gasteiger partial charge in [-0.15, -0.1) is 0 Å². The minimum Gasteiger partial charge on any atom is -0.444 e. The van der Waals surface area contributed by atoms with Crippen molar-refractivity contribution in [2.45, 2.75) is 77.0 Å². The maximum absolute atomic E-state index is 11.8. The molecule has 1 N–H and O–H groups in total. The summed E-state index contributed by atoms with van der Waals surface area (Å²) in [7, 11) is 2.25. The van der Waals surface area contributed by atoms with Gasteiger partial charge in [-0.25, -0.2) is 4.79 Å². The summed E-state index contributed by atoms with van der Waals surface area (Å²) in [6.07, 6.45) is 7.07. The van der Waals surface area contributed by atoms with Crippen molar-refractivity contribution in [3.05, 3.63) is 0 Å². The standard InChI is InChI=1S/C16H30N2O2/c1-16(2,3)20-15(19)17-13-7-9-14(10-8-13)18(4)11-12-5-6-12/h12-14H,5-11H2,1-4H3,(H,17,19)/t13-,14+. The maximum atomic E-state index is 11.8. The zero-order valence-corrected chi connectivity index (χ0v) is 13.4. The molecule has 2 saturated carbocycles. The van der Waals surface area contributed by atoms with E-state index in [1.807, 2.05) is 20.8 Å². The molecule has 116 valence electrons. The lowest BCUT2D eigenvalue weighted by molar-refractivity contribution is 0.0480. The van der Waals surface area contributed by atoms with Gasteiger partial charge in [-0.3, -0.25) is 0 Å². The Morgan fingerprint density at radius 3 is 2.25 bits per heavy atom. The van der Waals surface area contributed by atoms with E-state index in [-0.39, 0.29) is 12.1 Å². The van der Waals surface area contributed by atoms with E-state index < -0.39 is 5.60 Å². The zero-order valence-electron chi connectivity index (χ0n) is 13.4. The zero-order chi connectivity index (χ0) is 14.8. The fraction of sp³-hybridized carbons (Fsp3) is 0.938. The van der Waals surface area contributed by atoms with Crippen LogP contribution in [0.3, 0.4) is 0 Å². The van der Waals surface area contributed by atoms with Crippen molar-refractivity contribution in [3.63, 3.8) is 0 Å². The van der Waals surface area contributed by atoms with Gasteiger partial charge in [-0.05, 0) is 72.3 Å². The molecule has 0 spiro atoms. The average molecular weight is 282 g/mol. The first kappa shape index (κ1) is 15.6. The average Bonchev–Trinajstić information content (AvgIpc) is 3.11. The Bertz CT molecular complexity index is 326. The predicted molar refractivity (Wildman–Crippen MR) is 80.8 cm³/mol. The van der Waals surface area contributed by atoms with Crippen LogP contribution in [0.2, 0.25) is 0 Å². The third-order valence-electron chi connectivity index (χ3n) is 4.28. The van der Waals surface area contributed by atoms with Gasteiger partial charge in [0.2, 0.25) is 0 Å². The first-order chi connectivity index (χ1) is 9.33. The Labute approximate surface area is 123 Å². The van der Waals surface area contributed by atoms with Gasteiger partial charge in [0.15, 0.2) is 0 Å². The number of carbonyl (C=O) groups is 1. The van der Waals surface area contributed by atoms with Gasteiger partial charge in [0.05, 0.1) is 0 Å². The van der Waals surface area contributed by atoms with E-state index in [0.717, 1.165) is 18.8 Å². The molecule has 0 heterocycles. The van der Waals surface area contributed by atoms with Crippen LogP contribution in [0.15, 0.2) is 0 Å². The van der Waals surface area contributed by atoms with E-state index in [1.165, 1.54) is 32.2 Å². The van der Waals surface area contributed by atoms with Crippen LogP contribution < -0.4 is 5.32 Å². The molecule has 2 aliphatic carbocycles. The normalized spacial score (nSPS) is 27.4. The van der Waals surface area contributed by atoms with Crippen LogP contribution in [-0.4, -0.2) is 42.3 Å². The Morgan fingerprint density at radius 1 is 1.15 bits per heavy atom. The molecular weight excluding hydrogens is 252 g/mol. The van der Waals surface area contributed by atoms with Crippen molar-refractivity contribution in [1.29, 1.82) is 0 Å². The van der Waals surface area contributed by atoms with Gasteiger partial charge in [-0.1, -0.05) is 0 Å². The van der Waals surface area contributed by atoms with Crippen LogP contribution in [0.25, 0.3) is 0 Å². The molecule has 0 unspecified atom stereocenters. The maximum Gasteiger partial charge on any atom is 0.407 e. The van der Waals surface area contributed by atoms with Crippen LogP contribution in [-0.2, 0) is 4.74 Å². The monoisotopic (exact) mass is 282 g/mol. The molecule has 0 aliphatic heterocycles. The number of nitrogens with one attached hydrogen (secondary N) is 1. The lowest BCUT2D eigenvalue weighted by atomic mass is 9.90. The lowest BCUT2D eigenvalue weighted by Crippen LogP contribution is -2.44. The number of carbonyl (C=O) groups excluding carboxylic acids is 1. The molecule has 20 heavy (non-hydrogen) atoms. The molecular formula is C16H30N2O2. The number of nitrogens with zero attached hydrogens (tertiary/aromatic N) is 1. The van der Waals surface area contributed by atoms with E-state index in [0.29, 0.717) is 6.04 Å². The topological polar surface area (TPSA) is 41.6 Å². The summed E-state index contributed by atoms with van der Waals surface area (Å²) in [5.41, 5.74) is -0.411. The summed E-state index contributed by atoms with van der Waals surface area (Å²) in [6.45, 7) is 6.96. The van der Waals surface area contributed by atoms with Crippen LogP contribution in [0.4, 0.5) is 4.79 Å². The van der Waals surface area contributed by atoms with E-state index in [4.69, 9.17) is 4.74 Å². The summed E-state index contributed by atoms with van der Waals surface area (Å²) in [5.74, 6) is 0.956. The van der Waals surface area contributed by atoms with Crippen molar-refractivity contribution in [3.8, 4) is 0 Å². The van der Waals surface area contributed by atoms with E-state index in [2.05, 4.69) is 17.3 Å². The second-order valence-corrected chi connectivity index (χ2v) is 7.53. The summed E-state index contributed by atoms with van der Waals surface area (Å²) < 4.78 is 5.32. The van der Waals surface area contributed by atoms with E-state index >= 15 is 0 Å². The van der Waals surface area contributed by atoms with Gasteiger partial charge in [0.1, 0.15) is 5.60 Å². The van der Waals surface area contributed by atoms with Crippen LogP contribution in [0, 0.1) is 5.92 Å². The third kappa shape index (κ3) is 5.31. The highest BCUT2D eigenvalue weighted by Crippen LogP contribution is 2.31. The Balaban J connectivity index is 1.67. The quantitative estimate of drug-likeness (QED) is 0.861. The first-order valence-corrected chi connectivity index (χ1v) is 8.03. The fourth-order valence-corrected chi connectivity index (χ4v) is 2.99. The number of hydrogen-bond donors (Lipinski definition) is 1. The summed E-state index contributed by atoms with van der Waals surface area (Å²) in [5, 5.41) is 3.01. The molecule has 2 rings (SSSR count). The summed E-state index contributed by atoms with van der Waals surface area (Å²) in [6, 6.07) is 0.989. The lowest BCUT2D eigenvalue weighted by Gasteiger charge is -2.35. The van der Waals surface area contributed by atoms with Crippen LogP contribution in [0.5, 0.6) is 0 Å². The molecule has 0 bridgehead atoms. The number of amides is 1. The number of hydrogen-bond acceptors (Lipinski definition) is 3. The Kier molecular flexibility index (Phi) is 4.95. The summed E-state index contributed by atoms with van der Waals surface area (Å²) >= 11 is 0. The molecule has 0 aromatic heterocycles. The van der Waals surface area contributed by atoms with Crippen molar-refractivity contribution < 1.29 is 9.53 Å². The first-order valence-electron chi connectivity index (χ1n) is 8.03. The van der Waals surface area contributed by atoms with E-state index in [9.17, 15) is 4.79 Å². The number of ether oxygens (including phenoxy) is 1. The van der Waals surface area contributed by atoms with Crippen molar-refractivity contribution in [2.75, 3.05) is 13.6 Å². The second-order valence-electron chi connectivity index (χ2n) is 7.53. The van der Waals surface area contributed by atoms with Crippen molar-refractivity contribution >= 4 is 6.09 Å². The summed E-state index contributed by atoms with van der Waals surface area (Å²) in [4.78, 5) is 14.3. The van der Waals surface area contributed by atoms with E-state index in [1.54, 1.807) is 0 Å². The molecule has 0 aromatic rings. The van der Waals surface area contributed by atoms with Gasteiger partial charge < -0.3 is 15.0 Å². The molecule has 0 atom stereocenters. The minimum atomic E-state index is -0.411. The third-order valence-corrected chi connectivity index (χ3v) is 4.28. The predicted octanol–water partition coefficient (Wildman–Crippen LogP) is 3.16. The highest BCUT2D eigenvalue weighted by atomic mass is 16.6. The molecule has 0 aromatic carbocycles. The molecule has 2 aliphatic rings. The number of rotatable bonds is 4. The van der Waals surface area contributed by atoms with Crippen molar-refractivity contribution in [2.24, 2.45) is 5.92 Å². The largest absolute Gasteiger partial charge is 0.444 e. The molecule has 1 amide bonds. The van der Waals surface area contributed by atoms with Crippen LogP contribution >= 0.6 is 0 Å². The highest BCUT2D eigenvalue weighted by Gasteiger charge is 2.29. The SMILES string of the molecule is CN(CC1CC1)[C@H]1CC[C@@H](NC(=O)OC(C)(C)C)CC1. The molecule has 0 radical (unpaired) electrons. The Hall–Kier alpha value is -0.770. The molecule has 2 fully saturated rings. The second kappa shape index (κ2) is 6.33. The molecule has 4 nitrogen and oxygen atoms in total. The minimum absolute atomic E-state index is 0.271. The van der Waals surface area contributed by atoms with Gasteiger partial charge in [0.25, 0.3) is 0 Å². The molecule has 4 heteroatoms. The van der Waals surface area contributed by atoms with Gasteiger partial charge >= 0.3 is 6.09 Å². The molecule has 0 saturated heterocycles. The fourth-order valence-electron chi connectivity index (χ4n) is 2.99.